The summed E-state index contributed by atoms with van der Waals surface area (Å²) in [5.41, 5.74) is 4.63. The fourth-order valence-electron chi connectivity index (χ4n) is 3.81. The summed E-state index contributed by atoms with van der Waals surface area (Å²) in [6.07, 6.45) is -0.492. The second-order valence-electron chi connectivity index (χ2n) is 6.86. The van der Waals surface area contributed by atoms with Crippen molar-refractivity contribution in [3.8, 4) is 11.1 Å². The number of carbonyl (C=O) groups is 2. The molecule has 1 unspecified atom stereocenters. The number of ether oxygens (including phenoxy) is 2. The highest BCUT2D eigenvalue weighted by molar-refractivity contribution is 5.79. The standard InChI is InChI=1S/C21H21NO5/c23-20(24)14-11-22(9-10-26-12-14)21(25)27-13-19-17-7-3-1-5-15(17)16-6-2-4-8-18(16)19/h1-8,14,19H,9-13H2,(H,23,24). The van der Waals surface area contributed by atoms with E-state index in [2.05, 4.69) is 24.3 Å². The fourth-order valence-corrected chi connectivity index (χ4v) is 3.81. The van der Waals surface area contributed by atoms with E-state index in [1.807, 2.05) is 24.3 Å². The molecule has 2 aromatic carbocycles. The highest BCUT2D eigenvalue weighted by atomic mass is 16.6. The molecule has 1 aliphatic carbocycles. The summed E-state index contributed by atoms with van der Waals surface area (Å²) >= 11 is 0. The van der Waals surface area contributed by atoms with Crippen LogP contribution in [0.4, 0.5) is 4.79 Å². The minimum absolute atomic E-state index is 0.0140. The van der Waals surface area contributed by atoms with Crippen molar-refractivity contribution in [1.29, 1.82) is 0 Å². The van der Waals surface area contributed by atoms with Crippen LogP contribution in [0.1, 0.15) is 17.0 Å². The van der Waals surface area contributed by atoms with Crippen molar-refractivity contribution in [3.63, 3.8) is 0 Å². The van der Waals surface area contributed by atoms with Gasteiger partial charge in [-0.25, -0.2) is 4.79 Å². The topological polar surface area (TPSA) is 76.1 Å². The van der Waals surface area contributed by atoms with Gasteiger partial charge in [-0.2, -0.15) is 0 Å². The lowest BCUT2D eigenvalue weighted by Crippen LogP contribution is -2.38. The molecule has 1 fully saturated rings. The number of nitrogens with zero attached hydrogens (tertiary/aromatic N) is 1. The van der Waals surface area contributed by atoms with E-state index in [1.54, 1.807) is 0 Å². The van der Waals surface area contributed by atoms with Crippen LogP contribution >= 0.6 is 0 Å². The maximum atomic E-state index is 12.6. The second kappa shape index (κ2) is 7.40. The van der Waals surface area contributed by atoms with Gasteiger partial charge in [0.25, 0.3) is 0 Å². The maximum absolute atomic E-state index is 12.6. The SMILES string of the molecule is O=C(O)C1COCCN(C(=O)OCC2c3ccccc3-c3ccccc32)C1. The molecule has 140 valence electrons. The van der Waals surface area contributed by atoms with Crippen LogP contribution in [0.2, 0.25) is 0 Å². The number of aliphatic carboxylic acids is 1. The quantitative estimate of drug-likeness (QED) is 0.903. The largest absolute Gasteiger partial charge is 0.481 e. The number of benzene rings is 2. The van der Waals surface area contributed by atoms with Crippen molar-refractivity contribution in [2.24, 2.45) is 5.92 Å². The van der Waals surface area contributed by atoms with Gasteiger partial charge in [0.2, 0.25) is 0 Å². The zero-order chi connectivity index (χ0) is 18.8. The Bertz CT molecular complexity index is 820. The number of carboxylic acid groups (broad SMARTS) is 1. The van der Waals surface area contributed by atoms with E-state index in [9.17, 15) is 14.7 Å². The van der Waals surface area contributed by atoms with Gasteiger partial charge >= 0.3 is 12.1 Å². The smallest absolute Gasteiger partial charge is 0.409 e. The lowest BCUT2D eigenvalue weighted by molar-refractivity contribution is -0.143. The van der Waals surface area contributed by atoms with E-state index < -0.39 is 18.0 Å². The zero-order valence-corrected chi connectivity index (χ0v) is 14.8. The van der Waals surface area contributed by atoms with Crippen LogP contribution in [0.3, 0.4) is 0 Å². The van der Waals surface area contributed by atoms with Gasteiger partial charge in [0.1, 0.15) is 6.61 Å². The normalized spacial score (nSPS) is 19.1. The van der Waals surface area contributed by atoms with Crippen molar-refractivity contribution in [3.05, 3.63) is 59.7 Å². The molecule has 1 atom stereocenters. The first-order valence-electron chi connectivity index (χ1n) is 9.05. The molecule has 0 bridgehead atoms. The van der Waals surface area contributed by atoms with Crippen LogP contribution in [0.25, 0.3) is 11.1 Å². The third-order valence-electron chi connectivity index (χ3n) is 5.21. The molecule has 0 saturated carbocycles. The monoisotopic (exact) mass is 367 g/mol. The fraction of sp³-hybridized carbons (Fsp3) is 0.333. The summed E-state index contributed by atoms with van der Waals surface area (Å²) < 4.78 is 10.9. The van der Waals surface area contributed by atoms with E-state index in [0.717, 1.165) is 11.1 Å². The maximum Gasteiger partial charge on any atom is 0.409 e. The Morgan fingerprint density at radius 1 is 1.07 bits per heavy atom. The Morgan fingerprint density at radius 2 is 1.70 bits per heavy atom. The number of hydrogen-bond acceptors (Lipinski definition) is 4. The molecule has 0 aromatic heterocycles. The van der Waals surface area contributed by atoms with Crippen LogP contribution in [0, 0.1) is 5.92 Å². The van der Waals surface area contributed by atoms with Crippen LogP contribution in [0.5, 0.6) is 0 Å². The van der Waals surface area contributed by atoms with Crippen molar-refractivity contribution in [2.75, 3.05) is 32.9 Å². The molecule has 2 aliphatic rings. The van der Waals surface area contributed by atoms with Gasteiger partial charge in [-0.05, 0) is 22.3 Å². The minimum Gasteiger partial charge on any atom is -0.481 e. The molecule has 0 spiro atoms. The predicted octanol–water partition coefficient (Wildman–Crippen LogP) is 2.97. The number of hydrogen-bond donors (Lipinski definition) is 1. The van der Waals surface area contributed by atoms with E-state index in [1.165, 1.54) is 16.0 Å². The van der Waals surface area contributed by atoms with E-state index in [4.69, 9.17) is 9.47 Å². The minimum atomic E-state index is -0.964. The third-order valence-corrected chi connectivity index (χ3v) is 5.21. The Labute approximate surface area is 157 Å². The molecule has 6 nitrogen and oxygen atoms in total. The molecule has 1 heterocycles. The van der Waals surface area contributed by atoms with Gasteiger partial charge in [0.15, 0.2) is 0 Å². The molecule has 2 aromatic rings. The summed E-state index contributed by atoms with van der Waals surface area (Å²) in [5.74, 6) is -1.71. The molecule has 1 N–H and O–H groups in total. The Kier molecular flexibility index (Phi) is 4.81. The van der Waals surface area contributed by atoms with Crippen molar-refractivity contribution >= 4 is 12.1 Å². The van der Waals surface area contributed by atoms with Gasteiger partial charge in [-0.15, -0.1) is 0 Å². The average molecular weight is 367 g/mol. The summed E-state index contributed by atoms with van der Waals surface area (Å²) in [4.78, 5) is 25.2. The first kappa shape index (κ1) is 17.5. The summed E-state index contributed by atoms with van der Waals surface area (Å²) in [6, 6.07) is 16.3. The van der Waals surface area contributed by atoms with Gasteiger partial charge in [-0.3, -0.25) is 4.79 Å². The van der Waals surface area contributed by atoms with E-state index in [-0.39, 0.29) is 25.7 Å². The van der Waals surface area contributed by atoms with Crippen LogP contribution in [0.15, 0.2) is 48.5 Å². The van der Waals surface area contributed by atoms with Crippen LogP contribution in [-0.2, 0) is 14.3 Å². The molecule has 4 rings (SSSR count). The first-order chi connectivity index (χ1) is 13.1. The van der Waals surface area contributed by atoms with Gasteiger partial charge in [0, 0.05) is 19.0 Å². The molecule has 1 amide bonds. The molecule has 6 heteroatoms. The number of rotatable bonds is 3. The molecular formula is C21H21NO5. The number of carboxylic acids is 1. The number of amides is 1. The lowest BCUT2D eigenvalue weighted by atomic mass is 9.98. The molecule has 27 heavy (non-hydrogen) atoms. The van der Waals surface area contributed by atoms with Crippen molar-refractivity contribution in [2.45, 2.75) is 5.92 Å². The molecule has 1 saturated heterocycles. The van der Waals surface area contributed by atoms with Crippen LogP contribution < -0.4 is 0 Å². The van der Waals surface area contributed by atoms with Crippen molar-refractivity contribution < 1.29 is 24.2 Å². The molecule has 0 radical (unpaired) electrons. The summed E-state index contributed by atoms with van der Waals surface area (Å²) in [5, 5.41) is 9.23. The molecular weight excluding hydrogens is 346 g/mol. The molecule has 1 aliphatic heterocycles. The summed E-state index contributed by atoms with van der Waals surface area (Å²) in [6.45, 7) is 1.09. The Hall–Kier alpha value is -2.86. The highest BCUT2D eigenvalue weighted by Crippen LogP contribution is 2.44. The van der Waals surface area contributed by atoms with Crippen LogP contribution in [-0.4, -0.2) is 55.0 Å². The lowest BCUT2D eigenvalue weighted by Gasteiger charge is -2.22. The number of carbonyl (C=O) groups excluding carboxylic acids is 1. The number of fused-ring (bicyclic) bond motifs is 3. The summed E-state index contributed by atoms with van der Waals surface area (Å²) in [7, 11) is 0. The Balaban J connectivity index is 1.48. The predicted molar refractivity (Wildman–Crippen MR) is 98.6 cm³/mol. The third kappa shape index (κ3) is 3.40. The second-order valence-corrected chi connectivity index (χ2v) is 6.86. The van der Waals surface area contributed by atoms with Gasteiger partial charge in [0.05, 0.1) is 19.1 Å². The Morgan fingerprint density at radius 3 is 2.33 bits per heavy atom. The van der Waals surface area contributed by atoms with E-state index in [0.29, 0.717) is 13.2 Å². The van der Waals surface area contributed by atoms with Gasteiger partial charge < -0.3 is 19.5 Å². The highest BCUT2D eigenvalue weighted by Gasteiger charge is 2.31. The first-order valence-corrected chi connectivity index (χ1v) is 9.05. The van der Waals surface area contributed by atoms with Crippen molar-refractivity contribution in [1.82, 2.24) is 4.90 Å². The van der Waals surface area contributed by atoms with Gasteiger partial charge in [-0.1, -0.05) is 48.5 Å². The zero-order valence-electron chi connectivity index (χ0n) is 14.8. The average Bonchev–Trinajstić information content (AvgIpc) is 2.83. The van der Waals surface area contributed by atoms with E-state index >= 15 is 0 Å².